The van der Waals surface area contributed by atoms with E-state index in [4.69, 9.17) is 5.11 Å². The molecule has 4 heteroatoms. The van der Waals surface area contributed by atoms with Crippen LogP contribution in [0.1, 0.15) is 17.7 Å². The number of aromatic amines is 1. The highest BCUT2D eigenvalue weighted by molar-refractivity contribution is 5.89. The number of rotatable bonds is 4. The molecule has 0 spiro atoms. The van der Waals surface area contributed by atoms with Crippen molar-refractivity contribution in [3.63, 3.8) is 0 Å². The number of hydrogen-bond donors (Lipinski definition) is 2. The number of carboxylic acid groups (broad SMARTS) is 1. The van der Waals surface area contributed by atoms with Crippen molar-refractivity contribution in [1.82, 2.24) is 9.97 Å². The van der Waals surface area contributed by atoms with Gasteiger partial charge in [-0.15, -0.1) is 0 Å². The molecule has 0 aliphatic carbocycles. The third kappa shape index (κ3) is 2.65. The number of aliphatic carboxylic acids is 1. The van der Waals surface area contributed by atoms with Crippen LogP contribution in [0.5, 0.6) is 0 Å². The zero-order chi connectivity index (χ0) is 14.8. The average Bonchev–Trinajstić information content (AvgIpc) is 2.80. The summed E-state index contributed by atoms with van der Waals surface area (Å²) in [5, 5.41) is 9.99. The molecule has 0 saturated heterocycles. The number of hydrogen-bond acceptors (Lipinski definition) is 2. The summed E-state index contributed by atoms with van der Waals surface area (Å²) >= 11 is 0. The van der Waals surface area contributed by atoms with Crippen LogP contribution in [0.4, 0.5) is 0 Å². The van der Waals surface area contributed by atoms with Gasteiger partial charge in [0.1, 0.15) is 0 Å². The molecule has 3 rings (SSSR count). The van der Waals surface area contributed by atoms with Crippen LogP contribution in [-0.4, -0.2) is 21.0 Å². The smallest absolute Gasteiger partial charge is 0.303 e. The highest BCUT2D eigenvalue weighted by atomic mass is 16.4. The fourth-order valence-corrected chi connectivity index (χ4v) is 2.66. The van der Waals surface area contributed by atoms with Crippen molar-refractivity contribution < 1.29 is 9.90 Å². The SMILES string of the molecule is Cc1[nH]c2ccc(-c3ccncc3)cc2c1CCC(=O)O. The Bertz CT molecular complexity index is 791. The molecule has 0 bridgehead atoms. The van der Waals surface area contributed by atoms with Crippen molar-refractivity contribution >= 4 is 16.9 Å². The summed E-state index contributed by atoms with van der Waals surface area (Å²) in [6.45, 7) is 1.99. The highest BCUT2D eigenvalue weighted by Crippen LogP contribution is 2.28. The Labute approximate surface area is 122 Å². The van der Waals surface area contributed by atoms with E-state index in [1.54, 1.807) is 12.4 Å². The first-order chi connectivity index (χ1) is 10.1. The Morgan fingerprint density at radius 2 is 1.95 bits per heavy atom. The Hall–Kier alpha value is -2.62. The van der Waals surface area contributed by atoms with E-state index in [1.807, 2.05) is 25.1 Å². The van der Waals surface area contributed by atoms with Gasteiger partial charge in [-0.25, -0.2) is 0 Å². The van der Waals surface area contributed by atoms with E-state index in [1.165, 1.54) is 0 Å². The van der Waals surface area contributed by atoms with Crippen LogP contribution in [-0.2, 0) is 11.2 Å². The molecule has 0 saturated carbocycles. The van der Waals surface area contributed by atoms with Crippen LogP contribution in [0.25, 0.3) is 22.0 Å². The molecule has 2 heterocycles. The molecule has 0 fully saturated rings. The predicted molar refractivity (Wildman–Crippen MR) is 82.2 cm³/mol. The first kappa shape index (κ1) is 13.4. The predicted octanol–water partition coefficient (Wildman–Crippen LogP) is 3.56. The summed E-state index contributed by atoms with van der Waals surface area (Å²) < 4.78 is 0. The lowest BCUT2D eigenvalue weighted by Gasteiger charge is -2.03. The molecular weight excluding hydrogens is 264 g/mol. The van der Waals surface area contributed by atoms with Crippen LogP contribution in [0, 0.1) is 6.92 Å². The zero-order valence-electron chi connectivity index (χ0n) is 11.8. The van der Waals surface area contributed by atoms with Crippen molar-refractivity contribution in [3.8, 4) is 11.1 Å². The van der Waals surface area contributed by atoms with Gasteiger partial charge in [-0.3, -0.25) is 9.78 Å². The van der Waals surface area contributed by atoms with E-state index in [9.17, 15) is 4.79 Å². The molecule has 106 valence electrons. The van der Waals surface area contributed by atoms with Gasteiger partial charge < -0.3 is 10.1 Å². The third-order valence-electron chi connectivity index (χ3n) is 3.72. The molecule has 0 radical (unpaired) electrons. The Kier molecular flexibility index (Phi) is 3.44. The minimum Gasteiger partial charge on any atom is -0.481 e. The molecule has 21 heavy (non-hydrogen) atoms. The maximum atomic E-state index is 10.8. The number of carbonyl (C=O) groups is 1. The van der Waals surface area contributed by atoms with Crippen molar-refractivity contribution in [1.29, 1.82) is 0 Å². The van der Waals surface area contributed by atoms with Crippen molar-refractivity contribution in [2.45, 2.75) is 19.8 Å². The molecular formula is C17H16N2O2. The number of carboxylic acids is 1. The van der Waals surface area contributed by atoms with Gasteiger partial charge in [-0.1, -0.05) is 6.07 Å². The maximum Gasteiger partial charge on any atom is 0.303 e. The van der Waals surface area contributed by atoms with Crippen LogP contribution >= 0.6 is 0 Å². The molecule has 0 amide bonds. The Morgan fingerprint density at radius 1 is 1.19 bits per heavy atom. The topological polar surface area (TPSA) is 66.0 Å². The summed E-state index contributed by atoms with van der Waals surface area (Å²) in [7, 11) is 0. The molecule has 0 atom stereocenters. The number of aromatic nitrogens is 2. The first-order valence-corrected chi connectivity index (χ1v) is 6.88. The lowest BCUT2D eigenvalue weighted by atomic mass is 10.0. The van der Waals surface area contributed by atoms with Gasteiger partial charge in [0.15, 0.2) is 0 Å². The fraction of sp³-hybridized carbons (Fsp3) is 0.176. The van der Waals surface area contributed by atoms with Gasteiger partial charge in [0.05, 0.1) is 0 Å². The van der Waals surface area contributed by atoms with E-state index in [2.05, 4.69) is 22.1 Å². The quantitative estimate of drug-likeness (QED) is 0.768. The number of nitrogens with zero attached hydrogens (tertiary/aromatic N) is 1. The minimum atomic E-state index is -0.769. The van der Waals surface area contributed by atoms with Gasteiger partial charge in [0, 0.05) is 35.4 Å². The van der Waals surface area contributed by atoms with Crippen molar-refractivity contribution in [2.24, 2.45) is 0 Å². The lowest BCUT2D eigenvalue weighted by Crippen LogP contribution is -1.98. The van der Waals surface area contributed by atoms with Crippen LogP contribution in [0.3, 0.4) is 0 Å². The number of benzene rings is 1. The van der Waals surface area contributed by atoms with Gasteiger partial charge in [-0.05, 0) is 54.3 Å². The lowest BCUT2D eigenvalue weighted by molar-refractivity contribution is -0.136. The van der Waals surface area contributed by atoms with Gasteiger partial charge in [0.25, 0.3) is 0 Å². The maximum absolute atomic E-state index is 10.8. The van der Waals surface area contributed by atoms with Gasteiger partial charge in [-0.2, -0.15) is 0 Å². The highest BCUT2D eigenvalue weighted by Gasteiger charge is 2.11. The monoisotopic (exact) mass is 280 g/mol. The van der Waals surface area contributed by atoms with Crippen molar-refractivity contribution in [2.75, 3.05) is 0 Å². The summed E-state index contributed by atoms with van der Waals surface area (Å²) in [6.07, 6.45) is 4.23. The molecule has 1 aromatic carbocycles. The number of nitrogens with one attached hydrogen (secondary N) is 1. The molecule has 0 unspecified atom stereocenters. The molecule has 0 aliphatic heterocycles. The number of H-pyrrole nitrogens is 1. The standard InChI is InChI=1S/C17H16N2O2/c1-11-14(3-5-17(20)21)15-10-13(2-4-16(15)19-11)12-6-8-18-9-7-12/h2,4,6-10,19H,3,5H2,1H3,(H,20,21). The largest absolute Gasteiger partial charge is 0.481 e. The van der Waals surface area contributed by atoms with E-state index in [0.29, 0.717) is 6.42 Å². The molecule has 2 aromatic heterocycles. The molecule has 2 N–H and O–H groups in total. The Balaban J connectivity index is 2.07. The Morgan fingerprint density at radius 3 is 2.67 bits per heavy atom. The second kappa shape index (κ2) is 5.40. The van der Waals surface area contributed by atoms with E-state index < -0.39 is 5.97 Å². The van der Waals surface area contributed by atoms with Crippen LogP contribution in [0.15, 0.2) is 42.7 Å². The number of pyridine rings is 1. The zero-order valence-corrected chi connectivity index (χ0v) is 11.8. The van der Waals surface area contributed by atoms with Crippen molar-refractivity contribution in [3.05, 3.63) is 54.0 Å². The molecule has 4 nitrogen and oxygen atoms in total. The summed E-state index contributed by atoms with van der Waals surface area (Å²) in [6, 6.07) is 10.2. The molecule has 3 aromatic rings. The van der Waals surface area contributed by atoms with Crippen LogP contribution < -0.4 is 0 Å². The van der Waals surface area contributed by atoms with Crippen LogP contribution in [0.2, 0.25) is 0 Å². The average molecular weight is 280 g/mol. The minimum absolute atomic E-state index is 0.146. The first-order valence-electron chi connectivity index (χ1n) is 6.88. The second-order valence-corrected chi connectivity index (χ2v) is 5.12. The normalized spacial score (nSPS) is 10.9. The van der Waals surface area contributed by atoms with Gasteiger partial charge in [0.2, 0.25) is 0 Å². The second-order valence-electron chi connectivity index (χ2n) is 5.12. The van der Waals surface area contributed by atoms with E-state index in [0.717, 1.165) is 33.3 Å². The molecule has 0 aliphatic rings. The van der Waals surface area contributed by atoms with Gasteiger partial charge >= 0.3 is 5.97 Å². The van der Waals surface area contributed by atoms with E-state index in [-0.39, 0.29) is 6.42 Å². The third-order valence-corrected chi connectivity index (χ3v) is 3.72. The summed E-state index contributed by atoms with van der Waals surface area (Å²) in [5.74, 6) is -0.769. The fourth-order valence-electron chi connectivity index (χ4n) is 2.66. The summed E-state index contributed by atoms with van der Waals surface area (Å²) in [4.78, 5) is 18.2. The van der Waals surface area contributed by atoms with E-state index >= 15 is 0 Å². The summed E-state index contributed by atoms with van der Waals surface area (Å²) in [5.41, 5.74) is 5.39. The number of aryl methyl sites for hydroxylation is 2. The number of fused-ring (bicyclic) bond motifs is 1.